The zero-order chi connectivity index (χ0) is 27.1. The lowest BCUT2D eigenvalue weighted by Crippen LogP contribution is -2.25. The van der Waals surface area contributed by atoms with E-state index in [1.807, 2.05) is 68.8 Å². The molecule has 5 aromatic rings. The van der Waals surface area contributed by atoms with Gasteiger partial charge in [-0.05, 0) is 58.0 Å². The van der Waals surface area contributed by atoms with Crippen molar-refractivity contribution in [1.82, 2.24) is 24.1 Å². The van der Waals surface area contributed by atoms with E-state index in [4.69, 9.17) is 19.3 Å². The predicted molar refractivity (Wildman–Crippen MR) is 146 cm³/mol. The Bertz CT molecular complexity index is 1690. The highest BCUT2D eigenvalue weighted by molar-refractivity contribution is 6.08. The topological polar surface area (TPSA) is 105 Å². The van der Waals surface area contributed by atoms with Gasteiger partial charge in [0, 0.05) is 23.3 Å². The van der Waals surface area contributed by atoms with E-state index in [-0.39, 0.29) is 12.0 Å². The zero-order valence-electron chi connectivity index (χ0n) is 22.3. The average Bonchev–Trinajstić information content (AvgIpc) is 3.57. The summed E-state index contributed by atoms with van der Waals surface area (Å²) in [6.07, 6.45) is 3.20. The number of nitrogens with zero attached hydrogens (tertiary/aromatic N) is 5. The van der Waals surface area contributed by atoms with Crippen molar-refractivity contribution < 1.29 is 19.0 Å². The second kappa shape index (κ2) is 9.79. The smallest absolute Gasteiger partial charge is 0.274 e. The Balaban J connectivity index is 1.20. The van der Waals surface area contributed by atoms with Crippen LogP contribution < -0.4 is 10.1 Å². The minimum absolute atomic E-state index is 0.138. The number of amides is 1. The first kappa shape index (κ1) is 25.0. The lowest BCUT2D eigenvalue weighted by molar-refractivity contribution is -0.141. The fraction of sp³-hybridized carbons (Fsp3) is 0.310. The van der Waals surface area contributed by atoms with E-state index in [0.717, 1.165) is 28.0 Å². The molecule has 6 rings (SSSR count). The fourth-order valence-corrected chi connectivity index (χ4v) is 4.93. The molecule has 10 heteroatoms. The highest BCUT2D eigenvalue weighted by Gasteiger charge is 2.33. The van der Waals surface area contributed by atoms with Gasteiger partial charge in [-0.15, -0.1) is 0 Å². The molecule has 1 N–H and O–H groups in total. The lowest BCUT2D eigenvalue weighted by Gasteiger charge is -2.17. The highest BCUT2D eigenvalue weighted by Crippen LogP contribution is 2.28. The molecule has 0 aliphatic carbocycles. The number of carbonyl (C=O) groups excluding carboxylic acids is 1. The number of nitrogens with one attached hydrogen (secondary N) is 1. The maximum Gasteiger partial charge on any atom is 0.274 e. The van der Waals surface area contributed by atoms with Gasteiger partial charge in [-0.2, -0.15) is 5.10 Å². The third-order valence-corrected chi connectivity index (χ3v) is 6.68. The fourth-order valence-electron chi connectivity index (χ4n) is 4.93. The minimum atomic E-state index is -0.594. The molecule has 0 radical (unpaired) electrons. The van der Waals surface area contributed by atoms with Gasteiger partial charge in [-0.1, -0.05) is 12.1 Å². The molecular formula is C29H30N6O4. The Labute approximate surface area is 225 Å². The van der Waals surface area contributed by atoms with Crippen LogP contribution in [0.3, 0.4) is 0 Å². The molecule has 1 atom stereocenters. The molecule has 1 amide bonds. The molecule has 1 fully saturated rings. The minimum Gasteiger partial charge on any atom is -0.491 e. The van der Waals surface area contributed by atoms with Crippen molar-refractivity contribution in [3.05, 3.63) is 83.7 Å². The van der Waals surface area contributed by atoms with E-state index >= 15 is 0 Å². The first-order valence-electron chi connectivity index (χ1n) is 12.9. The molecule has 39 heavy (non-hydrogen) atoms. The van der Waals surface area contributed by atoms with Crippen LogP contribution in [0.25, 0.3) is 16.6 Å². The van der Waals surface area contributed by atoms with Gasteiger partial charge in [0.2, 0.25) is 0 Å². The molecule has 1 aliphatic heterocycles. The molecule has 4 aromatic heterocycles. The van der Waals surface area contributed by atoms with Crippen LogP contribution in [-0.4, -0.2) is 55.2 Å². The SMILES string of the molecule is Cc1cccc(Cn2nc(C)c3c(NC(=O)c4cnc5cc(OCC6COC(C)(C)O6)ccn45)cccc32)n1. The molecule has 200 valence electrons. The summed E-state index contributed by atoms with van der Waals surface area (Å²) in [6.45, 7) is 9.07. The van der Waals surface area contributed by atoms with E-state index in [0.29, 0.717) is 42.5 Å². The van der Waals surface area contributed by atoms with Gasteiger partial charge in [-0.3, -0.25) is 18.9 Å². The largest absolute Gasteiger partial charge is 0.491 e. The molecule has 1 aromatic carbocycles. The maximum absolute atomic E-state index is 13.4. The van der Waals surface area contributed by atoms with E-state index in [9.17, 15) is 4.79 Å². The number of hydrogen-bond acceptors (Lipinski definition) is 7. The summed E-state index contributed by atoms with van der Waals surface area (Å²) in [4.78, 5) is 22.4. The zero-order valence-corrected chi connectivity index (χ0v) is 22.3. The second-order valence-electron chi connectivity index (χ2n) is 10.2. The molecule has 1 aliphatic rings. The van der Waals surface area contributed by atoms with Crippen molar-refractivity contribution in [3.63, 3.8) is 0 Å². The van der Waals surface area contributed by atoms with Gasteiger partial charge in [0.05, 0.1) is 41.9 Å². The Hall–Kier alpha value is -4.28. The molecule has 1 saturated heterocycles. The number of rotatable bonds is 7. The van der Waals surface area contributed by atoms with Gasteiger partial charge in [0.15, 0.2) is 5.79 Å². The molecule has 10 nitrogen and oxygen atoms in total. The van der Waals surface area contributed by atoms with E-state index < -0.39 is 5.79 Å². The summed E-state index contributed by atoms with van der Waals surface area (Å²) in [5.41, 5.74) is 5.35. The normalized spacial score (nSPS) is 16.7. The Morgan fingerprint density at radius 3 is 2.82 bits per heavy atom. The third-order valence-electron chi connectivity index (χ3n) is 6.68. The number of pyridine rings is 2. The summed E-state index contributed by atoms with van der Waals surface area (Å²) in [6, 6.07) is 15.4. The Kier molecular flexibility index (Phi) is 6.28. The third kappa shape index (κ3) is 5.08. The number of benzene rings is 1. The quantitative estimate of drug-likeness (QED) is 0.332. The molecule has 5 heterocycles. The van der Waals surface area contributed by atoms with Crippen LogP contribution in [0.1, 0.15) is 41.4 Å². The maximum atomic E-state index is 13.4. The van der Waals surface area contributed by atoms with Gasteiger partial charge in [0.25, 0.3) is 5.91 Å². The molecule has 0 spiro atoms. The number of aromatic nitrogens is 5. The average molecular weight is 527 g/mol. The van der Waals surface area contributed by atoms with Crippen molar-refractivity contribution in [2.75, 3.05) is 18.5 Å². The van der Waals surface area contributed by atoms with Crippen molar-refractivity contribution in [2.24, 2.45) is 0 Å². The van der Waals surface area contributed by atoms with E-state index in [1.54, 1.807) is 28.9 Å². The first-order chi connectivity index (χ1) is 18.8. The van der Waals surface area contributed by atoms with E-state index in [1.165, 1.54) is 0 Å². The monoisotopic (exact) mass is 526 g/mol. The van der Waals surface area contributed by atoms with Crippen LogP contribution in [0.4, 0.5) is 5.69 Å². The highest BCUT2D eigenvalue weighted by atomic mass is 16.7. The first-order valence-corrected chi connectivity index (χ1v) is 12.9. The van der Waals surface area contributed by atoms with Crippen molar-refractivity contribution >= 4 is 28.1 Å². The van der Waals surface area contributed by atoms with Crippen LogP contribution in [0.15, 0.2) is 60.9 Å². The Morgan fingerprint density at radius 1 is 1.18 bits per heavy atom. The Morgan fingerprint density at radius 2 is 2.03 bits per heavy atom. The molecular weight excluding hydrogens is 496 g/mol. The summed E-state index contributed by atoms with van der Waals surface area (Å²) in [7, 11) is 0. The van der Waals surface area contributed by atoms with Crippen molar-refractivity contribution in [1.29, 1.82) is 0 Å². The summed E-state index contributed by atoms with van der Waals surface area (Å²) >= 11 is 0. The molecule has 0 saturated carbocycles. The second-order valence-corrected chi connectivity index (χ2v) is 10.2. The number of fused-ring (bicyclic) bond motifs is 2. The number of hydrogen-bond donors (Lipinski definition) is 1. The molecule has 1 unspecified atom stereocenters. The number of carbonyl (C=O) groups is 1. The number of imidazole rings is 1. The summed E-state index contributed by atoms with van der Waals surface area (Å²) in [5, 5.41) is 8.69. The van der Waals surface area contributed by atoms with Crippen molar-refractivity contribution in [2.45, 2.75) is 46.1 Å². The standard InChI is InChI=1S/C29H30N6O4/c1-18-7-5-8-20(31-18)15-35-24-10-6-9-23(27(24)19(2)33-35)32-28(36)25-14-30-26-13-21(11-12-34(25)26)37-16-22-17-38-29(3,4)39-22/h5-14,22H,15-17H2,1-4H3,(H,32,36). The summed E-state index contributed by atoms with van der Waals surface area (Å²) in [5.74, 6) is -0.220. The van der Waals surface area contributed by atoms with Crippen LogP contribution in [0, 0.1) is 13.8 Å². The number of ether oxygens (including phenoxy) is 3. The van der Waals surface area contributed by atoms with Gasteiger partial charge in [-0.25, -0.2) is 4.98 Å². The number of aryl methyl sites for hydroxylation is 2. The van der Waals surface area contributed by atoms with Crippen LogP contribution in [0.5, 0.6) is 5.75 Å². The van der Waals surface area contributed by atoms with Crippen LogP contribution in [0.2, 0.25) is 0 Å². The van der Waals surface area contributed by atoms with Gasteiger partial charge >= 0.3 is 0 Å². The van der Waals surface area contributed by atoms with E-state index in [2.05, 4.69) is 15.3 Å². The summed E-state index contributed by atoms with van der Waals surface area (Å²) < 4.78 is 20.9. The van der Waals surface area contributed by atoms with Crippen LogP contribution >= 0.6 is 0 Å². The number of anilines is 1. The molecule has 0 bridgehead atoms. The predicted octanol–water partition coefficient (Wildman–Crippen LogP) is 4.53. The van der Waals surface area contributed by atoms with Crippen molar-refractivity contribution in [3.8, 4) is 5.75 Å². The lowest BCUT2D eigenvalue weighted by atomic mass is 10.1. The van der Waals surface area contributed by atoms with Crippen LogP contribution in [-0.2, 0) is 16.0 Å². The van der Waals surface area contributed by atoms with Gasteiger partial charge < -0.3 is 19.5 Å². The van der Waals surface area contributed by atoms with Gasteiger partial charge in [0.1, 0.15) is 29.8 Å².